The molecule has 3 heteroatoms. The zero-order chi connectivity index (χ0) is 13.2. The van der Waals surface area contributed by atoms with Gasteiger partial charge in [-0.05, 0) is 18.9 Å². The van der Waals surface area contributed by atoms with E-state index in [4.69, 9.17) is 5.11 Å². The molecule has 1 saturated heterocycles. The molecule has 1 heterocycles. The second-order valence-corrected chi connectivity index (χ2v) is 5.70. The van der Waals surface area contributed by atoms with Gasteiger partial charge in [-0.2, -0.15) is 0 Å². The quantitative estimate of drug-likeness (QED) is 0.574. The highest BCUT2D eigenvalue weighted by molar-refractivity contribution is 5.67. The fraction of sp³-hybridized carbons (Fsp3) is 0.933. The summed E-state index contributed by atoms with van der Waals surface area (Å²) < 4.78 is 0. The van der Waals surface area contributed by atoms with Crippen LogP contribution in [0.5, 0.6) is 0 Å². The Kier molecular flexibility index (Phi) is 8.06. The Bertz CT molecular complexity index is 225. The first-order valence-electron chi connectivity index (χ1n) is 7.66. The van der Waals surface area contributed by atoms with E-state index in [1.54, 1.807) is 0 Å². The normalized spacial score (nSPS) is 16.7. The molecule has 0 radical (unpaired) electrons. The number of carboxylic acid groups (broad SMARTS) is 1. The van der Waals surface area contributed by atoms with Crippen molar-refractivity contribution < 1.29 is 9.90 Å². The van der Waals surface area contributed by atoms with Crippen molar-refractivity contribution in [2.24, 2.45) is 5.92 Å². The van der Waals surface area contributed by atoms with Crippen molar-refractivity contribution in [1.82, 2.24) is 4.90 Å². The molecular formula is C15H29NO2. The van der Waals surface area contributed by atoms with Crippen LogP contribution >= 0.6 is 0 Å². The lowest BCUT2D eigenvalue weighted by Crippen LogP contribution is -2.47. The van der Waals surface area contributed by atoms with Gasteiger partial charge in [-0.15, -0.1) is 0 Å². The monoisotopic (exact) mass is 255 g/mol. The molecule has 1 aliphatic rings. The summed E-state index contributed by atoms with van der Waals surface area (Å²) in [4.78, 5) is 12.9. The number of carboxylic acids is 1. The Labute approximate surface area is 112 Å². The number of likely N-dealkylation sites (tertiary alicyclic amines) is 1. The molecule has 0 aromatic carbocycles. The molecule has 106 valence electrons. The minimum Gasteiger partial charge on any atom is -0.481 e. The second kappa shape index (κ2) is 9.37. The molecule has 18 heavy (non-hydrogen) atoms. The topological polar surface area (TPSA) is 40.5 Å². The number of hydrogen-bond donors (Lipinski definition) is 1. The number of unbranched alkanes of at least 4 members (excludes halogenated alkanes) is 7. The summed E-state index contributed by atoms with van der Waals surface area (Å²) in [5, 5.41) is 8.65. The Balaban J connectivity index is 1.79. The third-order valence-corrected chi connectivity index (χ3v) is 3.82. The zero-order valence-electron chi connectivity index (χ0n) is 11.9. The van der Waals surface area contributed by atoms with Gasteiger partial charge in [-0.25, -0.2) is 0 Å². The highest BCUT2D eigenvalue weighted by Gasteiger charge is 2.27. The largest absolute Gasteiger partial charge is 0.481 e. The van der Waals surface area contributed by atoms with E-state index in [1.165, 1.54) is 57.9 Å². The molecule has 0 aromatic heterocycles. The molecule has 0 amide bonds. The summed E-state index contributed by atoms with van der Waals surface area (Å²) in [5.74, 6) is -0.233. The molecule has 1 fully saturated rings. The van der Waals surface area contributed by atoms with E-state index in [0.717, 1.165) is 13.1 Å². The number of aliphatic carboxylic acids is 1. The molecule has 0 aromatic rings. The van der Waals surface area contributed by atoms with Gasteiger partial charge in [0, 0.05) is 13.1 Å². The number of nitrogens with zero attached hydrogens (tertiary/aromatic N) is 1. The minimum atomic E-state index is -0.647. The number of hydrogen-bond acceptors (Lipinski definition) is 2. The van der Waals surface area contributed by atoms with Crippen LogP contribution in [0.2, 0.25) is 0 Å². The van der Waals surface area contributed by atoms with E-state index >= 15 is 0 Å². The van der Waals surface area contributed by atoms with Gasteiger partial charge >= 0.3 is 5.97 Å². The van der Waals surface area contributed by atoms with Gasteiger partial charge in [0.05, 0.1) is 6.42 Å². The third-order valence-electron chi connectivity index (χ3n) is 3.82. The van der Waals surface area contributed by atoms with E-state index in [1.807, 2.05) is 0 Å². The van der Waals surface area contributed by atoms with Crippen LogP contribution in [0.4, 0.5) is 0 Å². The first-order valence-corrected chi connectivity index (χ1v) is 7.66. The molecule has 0 spiro atoms. The summed E-state index contributed by atoms with van der Waals surface area (Å²) in [6.07, 6.45) is 11.3. The van der Waals surface area contributed by atoms with Crippen molar-refractivity contribution in [3.8, 4) is 0 Å². The summed E-state index contributed by atoms with van der Waals surface area (Å²) >= 11 is 0. The molecule has 0 saturated carbocycles. The minimum absolute atomic E-state index is 0.355. The van der Waals surface area contributed by atoms with Crippen molar-refractivity contribution in [1.29, 1.82) is 0 Å². The number of rotatable bonds is 11. The molecule has 0 unspecified atom stereocenters. The first kappa shape index (κ1) is 15.5. The van der Waals surface area contributed by atoms with Crippen LogP contribution in [-0.2, 0) is 4.79 Å². The summed E-state index contributed by atoms with van der Waals surface area (Å²) in [6.45, 7) is 5.43. The van der Waals surface area contributed by atoms with Crippen LogP contribution in [0.25, 0.3) is 0 Å². The maximum atomic E-state index is 10.5. The standard InChI is InChI=1S/C15H29NO2/c1-2-3-4-5-6-7-8-9-10-16-12-14(13-16)11-15(17)18/h14H,2-13H2,1H3,(H,17,18). The Morgan fingerprint density at radius 2 is 1.61 bits per heavy atom. The lowest BCUT2D eigenvalue weighted by atomic mass is 9.96. The average Bonchev–Trinajstić information content (AvgIpc) is 2.28. The highest BCUT2D eigenvalue weighted by atomic mass is 16.4. The third kappa shape index (κ3) is 7.00. The summed E-state index contributed by atoms with van der Waals surface area (Å²) in [5.41, 5.74) is 0. The van der Waals surface area contributed by atoms with Crippen molar-refractivity contribution in [3.63, 3.8) is 0 Å². The molecule has 0 bridgehead atoms. The van der Waals surface area contributed by atoms with E-state index in [2.05, 4.69) is 11.8 Å². The zero-order valence-corrected chi connectivity index (χ0v) is 11.9. The first-order chi connectivity index (χ1) is 8.72. The van der Waals surface area contributed by atoms with Gasteiger partial charge in [0.2, 0.25) is 0 Å². The van der Waals surface area contributed by atoms with Crippen LogP contribution in [0.15, 0.2) is 0 Å². The Morgan fingerprint density at radius 3 is 2.17 bits per heavy atom. The van der Waals surface area contributed by atoms with Gasteiger partial charge in [-0.1, -0.05) is 51.9 Å². The molecular weight excluding hydrogens is 226 g/mol. The lowest BCUT2D eigenvalue weighted by molar-refractivity contribution is -0.139. The van der Waals surface area contributed by atoms with Crippen LogP contribution in [-0.4, -0.2) is 35.6 Å². The smallest absolute Gasteiger partial charge is 0.303 e. The predicted octanol–water partition coefficient (Wildman–Crippen LogP) is 3.53. The fourth-order valence-electron chi connectivity index (χ4n) is 2.70. The predicted molar refractivity (Wildman–Crippen MR) is 74.8 cm³/mol. The summed E-state index contributed by atoms with van der Waals surface area (Å²) in [7, 11) is 0. The lowest BCUT2D eigenvalue weighted by Gasteiger charge is -2.38. The van der Waals surface area contributed by atoms with Gasteiger partial charge in [-0.3, -0.25) is 4.79 Å². The molecule has 1 aliphatic heterocycles. The van der Waals surface area contributed by atoms with E-state index < -0.39 is 5.97 Å². The second-order valence-electron chi connectivity index (χ2n) is 5.70. The van der Waals surface area contributed by atoms with Gasteiger partial charge < -0.3 is 10.0 Å². The van der Waals surface area contributed by atoms with Crippen molar-refractivity contribution >= 4 is 5.97 Å². The SMILES string of the molecule is CCCCCCCCCCN1CC(CC(=O)O)C1. The molecule has 0 atom stereocenters. The van der Waals surface area contributed by atoms with E-state index in [0.29, 0.717) is 12.3 Å². The average molecular weight is 255 g/mol. The van der Waals surface area contributed by atoms with Crippen LogP contribution in [0.1, 0.15) is 64.7 Å². The maximum absolute atomic E-state index is 10.5. The van der Waals surface area contributed by atoms with E-state index in [9.17, 15) is 4.79 Å². The van der Waals surface area contributed by atoms with Crippen molar-refractivity contribution in [3.05, 3.63) is 0 Å². The Morgan fingerprint density at radius 1 is 1.06 bits per heavy atom. The Hall–Kier alpha value is -0.570. The van der Waals surface area contributed by atoms with E-state index in [-0.39, 0.29) is 0 Å². The molecule has 0 aliphatic carbocycles. The van der Waals surface area contributed by atoms with Crippen molar-refractivity contribution in [2.75, 3.05) is 19.6 Å². The molecule has 1 N–H and O–H groups in total. The van der Waals surface area contributed by atoms with Crippen molar-refractivity contribution in [2.45, 2.75) is 64.7 Å². The fourth-order valence-corrected chi connectivity index (χ4v) is 2.70. The van der Waals surface area contributed by atoms with Gasteiger partial charge in [0.1, 0.15) is 0 Å². The maximum Gasteiger partial charge on any atom is 0.303 e. The summed E-state index contributed by atoms with van der Waals surface area (Å²) in [6, 6.07) is 0. The van der Waals surface area contributed by atoms with Crippen LogP contribution in [0.3, 0.4) is 0 Å². The van der Waals surface area contributed by atoms with Crippen LogP contribution in [0, 0.1) is 5.92 Å². The van der Waals surface area contributed by atoms with Gasteiger partial charge in [0.25, 0.3) is 0 Å². The molecule has 1 rings (SSSR count). The number of carbonyl (C=O) groups is 1. The molecule has 3 nitrogen and oxygen atoms in total. The highest BCUT2D eigenvalue weighted by Crippen LogP contribution is 2.19. The van der Waals surface area contributed by atoms with Crippen LogP contribution < -0.4 is 0 Å². The van der Waals surface area contributed by atoms with Gasteiger partial charge in [0.15, 0.2) is 0 Å².